The van der Waals surface area contributed by atoms with E-state index in [9.17, 15) is 4.39 Å². The van der Waals surface area contributed by atoms with Crippen molar-refractivity contribution in [2.24, 2.45) is 0 Å². The minimum Gasteiger partial charge on any atom is -0.337 e. The van der Waals surface area contributed by atoms with Gasteiger partial charge in [-0.05, 0) is 43.3 Å². The maximum Gasteiger partial charge on any atom is 0.177 e. The lowest BCUT2D eigenvalue weighted by Gasteiger charge is -2.16. The molecule has 1 N–H and O–H groups in total. The van der Waals surface area contributed by atoms with E-state index in [1.165, 1.54) is 12.1 Å². The van der Waals surface area contributed by atoms with Crippen molar-refractivity contribution in [1.29, 1.82) is 0 Å². The van der Waals surface area contributed by atoms with Gasteiger partial charge in [-0.1, -0.05) is 19.1 Å². The van der Waals surface area contributed by atoms with Crippen LogP contribution in [0, 0.1) is 10.6 Å². The monoisotopic (exact) mass is 250 g/mol. The molecular weight excluding hydrogens is 235 g/mol. The average molecular weight is 250 g/mol. The smallest absolute Gasteiger partial charge is 0.177 e. The minimum atomic E-state index is -0.214. The molecule has 0 bridgehead atoms. The number of hydrogen-bond acceptors (Lipinski definition) is 1. The van der Waals surface area contributed by atoms with Crippen LogP contribution in [-0.2, 0) is 6.42 Å². The van der Waals surface area contributed by atoms with Gasteiger partial charge in [-0.15, -0.1) is 0 Å². The van der Waals surface area contributed by atoms with Crippen molar-refractivity contribution in [2.75, 3.05) is 0 Å². The van der Waals surface area contributed by atoms with Crippen molar-refractivity contribution in [1.82, 2.24) is 9.55 Å². The predicted molar refractivity (Wildman–Crippen MR) is 69.2 cm³/mol. The molecule has 1 aromatic heterocycles. The molecule has 1 atom stereocenters. The number of aromatic amines is 1. The van der Waals surface area contributed by atoms with Crippen LogP contribution in [-0.4, -0.2) is 9.55 Å². The molecule has 0 unspecified atom stereocenters. The van der Waals surface area contributed by atoms with E-state index in [1.807, 2.05) is 6.20 Å². The van der Waals surface area contributed by atoms with Gasteiger partial charge in [-0.2, -0.15) is 0 Å². The van der Waals surface area contributed by atoms with E-state index in [0.717, 1.165) is 17.7 Å². The third-order valence-corrected chi connectivity index (χ3v) is 3.31. The molecule has 0 amide bonds. The molecular formula is C13H15FN2S. The largest absolute Gasteiger partial charge is 0.337 e. The van der Waals surface area contributed by atoms with Crippen molar-refractivity contribution in [2.45, 2.75) is 26.3 Å². The number of benzene rings is 1. The summed E-state index contributed by atoms with van der Waals surface area (Å²) in [5, 5.41) is 0. The van der Waals surface area contributed by atoms with Crippen LogP contribution < -0.4 is 0 Å². The Balaban J connectivity index is 2.43. The second kappa shape index (κ2) is 4.84. The molecule has 1 aromatic carbocycles. The van der Waals surface area contributed by atoms with Gasteiger partial charge in [0.2, 0.25) is 0 Å². The molecule has 4 heteroatoms. The Morgan fingerprint density at radius 2 is 2.00 bits per heavy atom. The Labute approximate surface area is 105 Å². The Bertz CT molecular complexity index is 554. The van der Waals surface area contributed by atoms with E-state index in [2.05, 4.69) is 23.4 Å². The molecule has 0 saturated carbocycles. The van der Waals surface area contributed by atoms with Crippen LogP contribution in [0.15, 0.2) is 30.5 Å². The van der Waals surface area contributed by atoms with Crippen molar-refractivity contribution < 1.29 is 4.39 Å². The van der Waals surface area contributed by atoms with Gasteiger partial charge in [0.25, 0.3) is 0 Å². The molecule has 0 aliphatic heterocycles. The zero-order chi connectivity index (χ0) is 12.4. The number of nitrogens with zero attached hydrogens (tertiary/aromatic N) is 1. The summed E-state index contributed by atoms with van der Waals surface area (Å²) >= 11 is 5.27. The van der Waals surface area contributed by atoms with Crippen molar-refractivity contribution >= 4 is 12.2 Å². The molecule has 17 heavy (non-hydrogen) atoms. The maximum atomic E-state index is 12.9. The van der Waals surface area contributed by atoms with E-state index in [-0.39, 0.29) is 11.9 Å². The topological polar surface area (TPSA) is 20.7 Å². The lowest BCUT2D eigenvalue weighted by Crippen LogP contribution is -2.10. The Morgan fingerprint density at radius 1 is 1.35 bits per heavy atom. The summed E-state index contributed by atoms with van der Waals surface area (Å²) in [5.74, 6) is -0.214. The van der Waals surface area contributed by atoms with Crippen molar-refractivity contribution in [3.8, 4) is 0 Å². The summed E-state index contributed by atoms with van der Waals surface area (Å²) in [5.41, 5.74) is 2.21. The number of rotatable bonds is 3. The zero-order valence-corrected chi connectivity index (χ0v) is 10.7. The maximum absolute atomic E-state index is 12.9. The van der Waals surface area contributed by atoms with E-state index in [4.69, 9.17) is 12.2 Å². The Hall–Kier alpha value is -1.42. The number of hydrogen-bond donors (Lipinski definition) is 1. The third kappa shape index (κ3) is 2.31. The predicted octanol–water partition coefficient (Wildman–Crippen LogP) is 3.86. The fourth-order valence-electron chi connectivity index (χ4n) is 2.00. The zero-order valence-electron chi connectivity index (χ0n) is 9.90. The number of imidazole rings is 1. The standard InChI is InChI=1S/C13H15FN2S/c1-3-12-8-15-13(17)16(12)9(2)10-4-6-11(14)7-5-10/h4-9H,3H2,1-2H3,(H,15,17)/t9-/m0/s1. The highest BCUT2D eigenvalue weighted by molar-refractivity contribution is 7.71. The van der Waals surface area contributed by atoms with Crippen LogP contribution in [0.1, 0.15) is 31.1 Å². The molecule has 0 aliphatic rings. The summed E-state index contributed by atoms with van der Waals surface area (Å²) in [6, 6.07) is 6.67. The summed E-state index contributed by atoms with van der Waals surface area (Å²) in [4.78, 5) is 3.05. The highest BCUT2D eigenvalue weighted by atomic mass is 32.1. The molecule has 2 aromatic rings. The van der Waals surface area contributed by atoms with Crippen LogP contribution in [0.5, 0.6) is 0 Å². The fraction of sp³-hybridized carbons (Fsp3) is 0.308. The van der Waals surface area contributed by atoms with E-state index < -0.39 is 0 Å². The lowest BCUT2D eigenvalue weighted by molar-refractivity contribution is 0.596. The van der Waals surface area contributed by atoms with Gasteiger partial charge in [0, 0.05) is 11.9 Å². The van der Waals surface area contributed by atoms with Gasteiger partial charge in [-0.25, -0.2) is 4.39 Å². The molecule has 1 heterocycles. The van der Waals surface area contributed by atoms with Crippen LogP contribution in [0.3, 0.4) is 0 Å². The van der Waals surface area contributed by atoms with Crippen LogP contribution in [0.2, 0.25) is 0 Å². The molecule has 0 fully saturated rings. The summed E-state index contributed by atoms with van der Waals surface area (Å²) < 4.78 is 15.7. The van der Waals surface area contributed by atoms with Gasteiger partial charge >= 0.3 is 0 Å². The molecule has 0 spiro atoms. The molecule has 90 valence electrons. The molecule has 0 aliphatic carbocycles. The molecule has 0 saturated heterocycles. The van der Waals surface area contributed by atoms with Crippen molar-refractivity contribution in [3.05, 3.63) is 52.3 Å². The third-order valence-electron chi connectivity index (χ3n) is 2.99. The van der Waals surface area contributed by atoms with E-state index in [1.54, 1.807) is 12.1 Å². The number of nitrogens with one attached hydrogen (secondary N) is 1. The first-order valence-corrected chi connectivity index (χ1v) is 6.08. The van der Waals surface area contributed by atoms with Crippen LogP contribution >= 0.6 is 12.2 Å². The van der Waals surface area contributed by atoms with Crippen LogP contribution in [0.25, 0.3) is 0 Å². The second-order valence-corrected chi connectivity index (χ2v) is 4.42. The van der Waals surface area contributed by atoms with Gasteiger partial charge in [0.1, 0.15) is 5.82 Å². The Morgan fingerprint density at radius 3 is 2.59 bits per heavy atom. The quantitative estimate of drug-likeness (QED) is 0.820. The first kappa shape index (κ1) is 12.0. The van der Waals surface area contributed by atoms with E-state index in [0.29, 0.717) is 4.77 Å². The fourth-order valence-corrected chi connectivity index (χ4v) is 2.34. The first-order valence-electron chi connectivity index (χ1n) is 5.67. The van der Waals surface area contributed by atoms with Crippen molar-refractivity contribution in [3.63, 3.8) is 0 Å². The summed E-state index contributed by atoms with van der Waals surface area (Å²) in [7, 11) is 0. The molecule has 0 radical (unpaired) electrons. The lowest BCUT2D eigenvalue weighted by atomic mass is 10.1. The first-order chi connectivity index (χ1) is 8.13. The number of aryl methyl sites for hydroxylation is 1. The average Bonchev–Trinajstić information content (AvgIpc) is 2.70. The normalized spacial score (nSPS) is 12.6. The van der Waals surface area contributed by atoms with Gasteiger partial charge in [0.05, 0.1) is 6.04 Å². The van der Waals surface area contributed by atoms with Gasteiger partial charge in [-0.3, -0.25) is 0 Å². The van der Waals surface area contributed by atoms with Crippen LogP contribution in [0.4, 0.5) is 4.39 Å². The molecule has 2 nitrogen and oxygen atoms in total. The number of aromatic nitrogens is 2. The SMILES string of the molecule is CCc1c[nH]c(=S)n1[C@@H](C)c1ccc(F)cc1. The van der Waals surface area contributed by atoms with Gasteiger partial charge < -0.3 is 9.55 Å². The highest BCUT2D eigenvalue weighted by Gasteiger charge is 2.12. The number of H-pyrrole nitrogens is 1. The summed E-state index contributed by atoms with van der Waals surface area (Å²) in [6.07, 6.45) is 2.85. The Kier molecular flexibility index (Phi) is 3.43. The minimum absolute atomic E-state index is 0.115. The second-order valence-electron chi connectivity index (χ2n) is 4.04. The highest BCUT2D eigenvalue weighted by Crippen LogP contribution is 2.21. The summed E-state index contributed by atoms with van der Waals surface area (Å²) in [6.45, 7) is 4.15. The molecule has 2 rings (SSSR count). The number of halogens is 1. The van der Waals surface area contributed by atoms with Gasteiger partial charge in [0.15, 0.2) is 4.77 Å². The van der Waals surface area contributed by atoms with E-state index >= 15 is 0 Å².